The number of hydrogen-bond acceptors (Lipinski definition) is 6. The molecule has 0 bridgehead atoms. The maximum Gasteiger partial charge on any atom is 0.260 e. The minimum atomic E-state index is 0.327. The van der Waals surface area contributed by atoms with Gasteiger partial charge >= 0.3 is 0 Å². The first-order valence-corrected chi connectivity index (χ1v) is 8.73. The van der Waals surface area contributed by atoms with Crippen LogP contribution in [-0.2, 0) is 0 Å². The van der Waals surface area contributed by atoms with Crippen LogP contribution in [0.25, 0.3) is 11.5 Å². The van der Waals surface area contributed by atoms with Gasteiger partial charge in [0, 0.05) is 29.5 Å². The van der Waals surface area contributed by atoms with Crippen molar-refractivity contribution in [3.8, 4) is 11.5 Å². The van der Waals surface area contributed by atoms with Gasteiger partial charge in [0.15, 0.2) is 5.82 Å². The Bertz CT molecular complexity index is 587. The lowest BCUT2D eigenvalue weighted by Crippen LogP contribution is -2.16. The molecule has 1 saturated heterocycles. The number of rotatable bonds is 3. The van der Waals surface area contributed by atoms with Crippen molar-refractivity contribution in [3.63, 3.8) is 0 Å². The zero-order valence-corrected chi connectivity index (χ0v) is 13.1. The molecule has 1 aliphatic heterocycles. The van der Waals surface area contributed by atoms with Gasteiger partial charge in [0.05, 0.1) is 10.8 Å². The maximum absolute atomic E-state index is 5.47. The second-order valence-corrected chi connectivity index (χ2v) is 7.36. The van der Waals surface area contributed by atoms with Gasteiger partial charge in [0.2, 0.25) is 0 Å². The smallest absolute Gasteiger partial charge is 0.260 e. The van der Waals surface area contributed by atoms with E-state index in [1.807, 2.05) is 54.8 Å². The Hall–Kier alpha value is -1.14. The van der Waals surface area contributed by atoms with Crippen LogP contribution >= 0.6 is 23.5 Å². The van der Waals surface area contributed by atoms with E-state index < -0.39 is 0 Å². The highest BCUT2D eigenvalue weighted by atomic mass is 32.2. The van der Waals surface area contributed by atoms with Crippen molar-refractivity contribution in [1.29, 1.82) is 0 Å². The summed E-state index contributed by atoms with van der Waals surface area (Å²) in [5, 5.41) is 8.20. The average molecular weight is 307 g/mol. The third kappa shape index (κ3) is 2.67. The van der Waals surface area contributed by atoms with Gasteiger partial charge in [-0.05, 0) is 12.1 Å². The number of para-hydroxylation sites is 1. The minimum Gasteiger partial charge on any atom is -0.387 e. The molecule has 0 saturated carbocycles. The van der Waals surface area contributed by atoms with Crippen molar-refractivity contribution < 1.29 is 4.52 Å². The lowest BCUT2D eigenvalue weighted by Gasteiger charge is -2.24. The predicted molar refractivity (Wildman–Crippen MR) is 86.4 cm³/mol. The first-order chi connectivity index (χ1) is 9.79. The fourth-order valence-electron chi connectivity index (χ4n) is 2.26. The molecular formula is C14H17N3OS2. The van der Waals surface area contributed by atoms with Gasteiger partial charge in [-0.3, -0.25) is 0 Å². The molecule has 1 aromatic carbocycles. The molecule has 106 valence electrons. The molecule has 3 rings (SSSR count). The zero-order chi connectivity index (χ0) is 13.9. The molecule has 2 atom stereocenters. The zero-order valence-electron chi connectivity index (χ0n) is 11.5. The first kappa shape index (κ1) is 13.8. The maximum atomic E-state index is 5.47. The number of nitrogens with one attached hydrogen (secondary N) is 1. The summed E-state index contributed by atoms with van der Waals surface area (Å²) in [5.74, 6) is 3.76. The molecular weight excluding hydrogens is 290 g/mol. The summed E-state index contributed by atoms with van der Waals surface area (Å²) in [6, 6.07) is 7.97. The van der Waals surface area contributed by atoms with Crippen molar-refractivity contribution in [2.24, 2.45) is 0 Å². The third-order valence-electron chi connectivity index (χ3n) is 3.31. The summed E-state index contributed by atoms with van der Waals surface area (Å²) in [4.78, 5) is 4.61. The highest BCUT2D eigenvalue weighted by molar-refractivity contribution is 8.06. The van der Waals surface area contributed by atoms with Crippen LogP contribution in [-0.4, -0.2) is 33.9 Å². The van der Waals surface area contributed by atoms with Gasteiger partial charge < -0.3 is 9.84 Å². The number of benzene rings is 1. The van der Waals surface area contributed by atoms with E-state index in [0.29, 0.717) is 16.4 Å². The molecule has 1 aliphatic rings. The second-order valence-electron chi connectivity index (χ2n) is 4.62. The molecule has 1 fully saturated rings. The van der Waals surface area contributed by atoms with E-state index >= 15 is 0 Å². The van der Waals surface area contributed by atoms with Gasteiger partial charge in [-0.15, -0.1) is 11.8 Å². The standard InChI is InChI=1S/C14H17N3OS2/c1-9-12(20-8-7-19-9)13-16-14(18-17-13)10-5-3-4-6-11(10)15-2/h3-6,9,12,15H,7-8H2,1-2H3. The normalized spacial score (nSPS) is 22.7. The fourth-order valence-corrected chi connectivity index (χ4v) is 4.94. The van der Waals surface area contributed by atoms with Crippen LogP contribution in [0.15, 0.2) is 28.8 Å². The monoisotopic (exact) mass is 307 g/mol. The van der Waals surface area contributed by atoms with Crippen molar-refractivity contribution in [2.75, 3.05) is 23.9 Å². The van der Waals surface area contributed by atoms with Crippen LogP contribution in [0.2, 0.25) is 0 Å². The number of hydrogen-bond donors (Lipinski definition) is 1. The summed E-state index contributed by atoms with van der Waals surface area (Å²) in [6.07, 6.45) is 0. The van der Waals surface area contributed by atoms with E-state index in [1.165, 1.54) is 5.75 Å². The van der Waals surface area contributed by atoms with Crippen LogP contribution in [0.1, 0.15) is 18.0 Å². The highest BCUT2D eigenvalue weighted by Crippen LogP contribution is 2.41. The fraction of sp³-hybridized carbons (Fsp3) is 0.429. The Morgan fingerprint density at radius 2 is 2.05 bits per heavy atom. The molecule has 2 heterocycles. The lowest BCUT2D eigenvalue weighted by molar-refractivity contribution is 0.422. The van der Waals surface area contributed by atoms with Gasteiger partial charge in [-0.25, -0.2) is 0 Å². The van der Waals surface area contributed by atoms with Crippen molar-refractivity contribution in [3.05, 3.63) is 30.1 Å². The molecule has 6 heteroatoms. The Kier molecular flexibility index (Phi) is 4.21. The summed E-state index contributed by atoms with van der Waals surface area (Å²) in [6.45, 7) is 2.24. The Labute approximate surface area is 127 Å². The summed E-state index contributed by atoms with van der Waals surface area (Å²) in [7, 11) is 1.89. The average Bonchev–Trinajstić information content (AvgIpc) is 2.97. The third-order valence-corrected chi connectivity index (χ3v) is 6.40. The molecule has 0 radical (unpaired) electrons. The molecule has 0 aliphatic carbocycles. The van der Waals surface area contributed by atoms with Crippen LogP contribution in [0, 0.1) is 0 Å². The van der Waals surface area contributed by atoms with Crippen LogP contribution in [0.5, 0.6) is 0 Å². The van der Waals surface area contributed by atoms with Gasteiger partial charge in [0.1, 0.15) is 0 Å². The van der Waals surface area contributed by atoms with Crippen LogP contribution < -0.4 is 5.32 Å². The van der Waals surface area contributed by atoms with Crippen molar-refractivity contribution in [2.45, 2.75) is 17.4 Å². The largest absolute Gasteiger partial charge is 0.387 e. The minimum absolute atomic E-state index is 0.327. The Balaban J connectivity index is 1.90. The van der Waals surface area contributed by atoms with Gasteiger partial charge in [-0.2, -0.15) is 16.7 Å². The van der Waals surface area contributed by atoms with E-state index in [4.69, 9.17) is 4.52 Å². The van der Waals surface area contributed by atoms with E-state index in [1.54, 1.807) is 0 Å². The van der Waals surface area contributed by atoms with Crippen LogP contribution in [0.4, 0.5) is 5.69 Å². The number of anilines is 1. The summed E-state index contributed by atoms with van der Waals surface area (Å²) in [5.41, 5.74) is 1.95. The molecule has 1 aromatic heterocycles. The van der Waals surface area contributed by atoms with Gasteiger partial charge in [-0.1, -0.05) is 24.2 Å². The molecule has 2 unspecified atom stereocenters. The van der Waals surface area contributed by atoms with Crippen LogP contribution in [0.3, 0.4) is 0 Å². The Morgan fingerprint density at radius 3 is 2.85 bits per heavy atom. The predicted octanol–water partition coefficient (Wildman–Crippen LogP) is 3.69. The lowest BCUT2D eigenvalue weighted by atomic mass is 10.2. The van der Waals surface area contributed by atoms with Crippen molar-refractivity contribution in [1.82, 2.24) is 10.1 Å². The molecule has 20 heavy (non-hydrogen) atoms. The number of aromatic nitrogens is 2. The van der Waals surface area contributed by atoms with E-state index in [-0.39, 0.29) is 0 Å². The quantitative estimate of drug-likeness (QED) is 0.933. The highest BCUT2D eigenvalue weighted by Gasteiger charge is 2.28. The SMILES string of the molecule is CNc1ccccc1-c1nc(C2SCCSC2C)no1. The van der Waals surface area contributed by atoms with Gasteiger partial charge in [0.25, 0.3) is 5.89 Å². The first-order valence-electron chi connectivity index (χ1n) is 6.63. The molecule has 0 spiro atoms. The molecule has 2 aromatic rings. The van der Waals surface area contributed by atoms with E-state index in [0.717, 1.165) is 22.8 Å². The molecule has 1 N–H and O–H groups in total. The molecule has 0 amide bonds. The summed E-state index contributed by atoms with van der Waals surface area (Å²) >= 11 is 3.90. The number of nitrogens with zero attached hydrogens (tertiary/aromatic N) is 2. The summed E-state index contributed by atoms with van der Waals surface area (Å²) < 4.78 is 5.47. The number of thioether (sulfide) groups is 2. The van der Waals surface area contributed by atoms with E-state index in [9.17, 15) is 0 Å². The van der Waals surface area contributed by atoms with E-state index in [2.05, 4.69) is 22.4 Å². The molecule has 4 nitrogen and oxygen atoms in total. The Morgan fingerprint density at radius 1 is 1.25 bits per heavy atom. The second kappa shape index (κ2) is 6.10. The topological polar surface area (TPSA) is 51.0 Å². The van der Waals surface area contributed by atoms with Crippen molar-refractivity contribution >= 4 is 29.2 Å².